The smallest absolute Gasteiger partial charge is 0.258 e. The summed E-state index contributed by atoms with van der Waals surface area (Å²) < 4.78 is 14.9. The van der Waals surface area contributed by atoms with E-state index < -0.39 is 11.0 Å². The summed E-state index contributed by atoms with van der Waals surface area (Å²) in [7, 11) is -1.36. The number of carbonyl (C=O) groups is 1. The second kappa shape index (κ2) is 11.2. The first kappa shape index (κ1) is 19.9. The van der Waals surface area contributed by atoms with Gasteiger partial charge in [-0.3, -0.25) is 9.52 Å². The summed E-state index contributed by atoms with van der Waals surface area (Å²) in [4.78, 5) is 12.5. The quantitative estimate of drug-likeness (QED) is 0.551. The van der Waals surface area contributed by atoms with E-state index in [1.807, 2.05) is 30.3 Å². The first-order valence-electron chi connectivity index (χ1n) is 9.65. The van der Waals surface area contributed by atoms with Crippen LogP contribution in [0, 0.1) is 0 Å². The average molecular weight is 362 g/mol. The van der Waals surface area contributed by atoms with E-state index in [-0.39, 0.29) is 5.91 Å². The molecule has 0 spiro atoms. The zero-order valence-corrected chi connectivity index (χ0v) is 16.2. The van der Waals surface area contributed by atoms with Crippen molar-refractivity contribution in [3.8, 4) is 0 Å². The summed E-state index contributed by atoms with van der Waals surface area (Å²) >= 11 is 0. The van der Waals surface area contributed by atoms with Crippen molar-refractivity contribution in [1.82, 2.24) is 4.72 Å². The van der Waals surface area contributed by atoms with Crippen molar-refractivity contribution in [1.29, 1.82) is 0 Å². The topological polar surface area (TPSA) is 46.2 Å². The Bertz CT molecular complexity index is 595. The summed E-state index contributed by atoms with van der Waals surface area (Å²) in [6.07, 6.45) is 11.6. The van der Waals surface area contributed by atoms with Crippen LogP contribution in [0.4, 0.5) is 0 Å². The van der Waals surface area contributed by atoms with Gasteiger partial charge in [0.15, 0.2) is 0 Å². The summed E-state index contributed by atoms with van der Waals surface area (Å²) in [6.45, 7) is 2.23. The van der Waals surface area contributed by atoms with Gasteiger partial charge in [0.05, 0.1) is 5.75 Å². The number of hydrogen-bond acceptors (Lipinski definition) is 2. The molecule has 0 radical (unpaired) electrons. The normalized spacial score (nSPS) is 15.4. The Balaban J connectivity index is 1.78. The Morgan fingerprint density at radius 1 is 1.04 bits per heavy atom. The van der Waals surface area contributed by atoms with Gasteiger partial charge in [0.2, 0.25) is 0 Å². The Hall–Kier alpha value is -1.42. The maximum absolute atomic E-state index is 12.5. The highest BCUT2D eigenvalue weighted by atomic mass is 32.2. The highest BCUT2D eigenvalue weighted by Crippen LogP contribution is 2.30. The van der Waals surface area contributed by atoms with Crippen LogP contribution in [-0.2, 0) is 21.5 Å². The number of unbranched alkanes of at least 4 members (excludes halogenated alkanes) is 5. The highest BCUT2D eigenvalue weighted by Gasteiger charge is 2.21. The number of amides is 1. The fourth-order valence-corrected chi connectivity index (χ4v) is 4.30. The molecule has 1 aromatic rings. The molecule has 0 fully saturated rings. The molecular weight excluding hydrogens is 330 g/mol. The van der Waals surface area contributed by atoms with Crippen LogP contribution in [-0.4, -0.2) is 10.1 Å². The monoisotopic (exact) mass is 361 g/mol. The van der Waals surface area contributed by atoms with Crippen molar-refractivity contribution in [2.45, 2.75) is 76.9 Å². The van der Waals surface area contributed by atoms with Crippen LogP contribution in [0.3, 0.4) is 0 Å². The van der Waals surface area contributed by atoms with Gasteiger partial charge >= 0.3 is 0 Å². The Morgan fingerprint density at radius 2 is 1.76 bits per heavy atom. The average Bonchev–Trinajstić information content (AvgIpc) is 3.07. The Labute approximate surface area is 154 Å². The van der Waals surface area contributed by atoms with E-state index in [9.17, 15) is 9.00 Å². The summed E-state index contributed by atoms with van der Waals surface area (Å²) in [5.74, 6) is 0.250. The molecule has 25 heavy (non-hydrogen) atoms. The maximum Gasteiger partial charge on any atom is 0.258 e. The second-order valence-corrected chi connectivity index (χ2v) is 8.04. The van der Waals surface area contributed by atoms with Gasteiger partial charge in [-0.05, 0) is 37.7 Å². The second-order valence-electron chi connectivity index (χ2n) is 6.86. The Kier molecular flexibility index (Phi) is 8.95. The van der Waals surface area contributed by atoms with Crippen LogP contribution in [0.15, 0.2) is 41.5 Å². The maximum atomic E-state index is 12.5. The number of nitrogens with one attached hydrogen (secondary N) is 1. The summed E-state index contributed by atoms with van der Waals surface area (Å²) in [5, 5.41) is 0. The lowest BCUT2D eigenvalue weighted by Crippen LogP contribution is -2.28. The predicted octanol–water partition coefficient (Wildman–Crippen LogP) is 5.20. The molecule has 1 aromatic carbocycles. The number of benzene rings is 1. The number of rotatable bonds is 11. The van der Waals surface area contributed by atoms with Crippen LogP contribution < -0.4 is 4.72 Å². The molecule has 0 heterocycles. The third-order valence-electron chi connectivity index (χ3n) is 4.79. The molecular formula is C21H31NO2S. The summed E-state index contributed by atoms with van der Waals surface area (Å²) in [6, 6.07) is 9.65. The van der Waals surface area contributed by atoms with Gasteiger partial charge in [0.1, 0.15) is 11.0 Å². The molecule has 138 valence electrons. The SMILES string of the molecule is CCCCCCCCC1=C(C(=O)NS(=O)Cc2ccccc2)CCC1. The predicted molar refractivity (Wildman–Crippen MR) is 105 cm³/mol. The lowest BCUT2D eigenvalue weighted by Gasteiger charge is -2.09. The van der Waals surface area contributed by atoms with Crippen LogP contribution >= 0.6 is 0 Å². The van der Waals surface area contributed by atoms with E-state index in [0.717, 1.165) is 36.8 Å². The number of carbonyl (C=O) groups excluding carboxylic acids is 1. The Morgan fingerprint density at radius 3 is 2.52 bits per heavy atom. The fourth-order valence-electron chi connectivity index (χ4n) is 3.40. The van der Waals surface area contributed by atoms with Gasteiger partial charge in [-0.15, -0.1) is 0 Å². The van der Waals surface area contributed by atoms with Crippen molar-refractivity contribution < 1.29 is 9.00 Å². The molecule has 0 saturated carbocycles. The molecule has 0 bridgehead atoms. The molecule has 1 aliphatic rings. The third kappa shape index (κ3) is 7.15. The highest BCUT2D eigenvalue weighted by molar-refractivity contribution is 7.82. The molecule has 0 aliphatic heterocycles. The minimum atomic E-state index is -1.36. The molecule has 1 amide bonds. The molecule has 0 aromatic heterocycles. The lowest BCUT2D eigenvalue weighted by molar-refractivity contribution is -0.115. The van der Waals surface area contributed by atoms with Crippen molar-refractivity contribution in [2.24, 2.45) is 0 Å². The first-order chi connectivity index (χ1) is 12.2. The van der Waals surface area contributed by atoms with E-state index in [2.05, 4.69) is 11.6 Å². The third-order valence-corrected chi connectivity index (χ3v) is 5.79. The largest absolute Gasteiger partial charge is 0.271 e. The van der Waals surface area contributed by atoms with Gasteiger partial charge in [-0.1, -0.05) is 74.9 Å². The molecule has 3 nitrogen and oxygen atoms in total. The minimum absolute atomic E-state index is 0.118. The van der Waals surface area contributed by atoms with Crippen LogP contribution in [0.5, 0.6) is 0 Å². The minimum Gasteiger partial charge on any atom is -0.271 e. The van der Waals surface area contributed by atoms with Crippen molar-refractivity contribution in [2.75, 3.05) is 0 Å². The zero-order chi connectivity index (χ0) is 17.9. The van der Waals surface area contributed by atoms with Crippen molar-refractivity contribution in [3.63, 3.8) is 0 Å². The van der Waals surface area contributed by atoms with E-state index in [1.165, 1.54) is 44.1 Å². The lowest BCUT2D eigenvalue weighted by atomic mass is 10.0. The number of hydrogen-bond donors (Lipinski definition) is 1. The molecule has 1 unspecified atom stereocenters. The molecule has 1 N–H and O–H groups in total. The fraction of sp³-hybridized carbons (Fsp3) is 0.571. The van der Waals surface area contributed by atoms with Gasteiger partial charge in [0, 0.05) is 5.57 Å². The molecule has 4 heteroatoms. The zero-order valence-electron chi connectivity index (χ0n) is 15.4. The van der Waals surface area contributed by atoms with E-state index in [4.69, 9.17) is 0 Å². The number of allylic oxidation sites excluding steroid dienone is 1. The standard InChI is InChI=1S/C21H31NO2S/c1-2-3-4-5-6-10-14-19-15-11-16-20(19)21(23)22-25(24)17-18-12-8-7-9-13-18/h7-9,12-13H,2-6,10-11,14-17H2,1H3,(H,22,23). The van der Waals surface area contributed by atoms with Crippen molar-refractivity contribution >= 4 is 16.9 Å². The van der Waals surface area contributed by atoms with Crippen molar-refractivity contribution in [3.05, 3.63) is 47.0 Å². The van der Waals surface area contributed by atoms with Crippen LogP contribution in [0.2, 0.25) is 0 Å². The summed E-state index contributed by atoms with van der Waals surface area (Å²) in [5.41, 5.74) is 3.17. The molecule has 2 rings (SSSR count). The van der Waals surface area contributed by atoms with Crippen LogP contribution in [0.25, 0.3) is 0 Å². The van der Waals surface area contributed by atoms with Crippen LogP contribution in [0.1, 0.15) is 76.7 Å². The van der Waals surface area contributed by atoms with Gasteiger partial charge < -0.3 is 0 Å². The van der Waals surface area contributed by atoms with Gasteiger partial charge in [0.25, 0.3) is 5.91 Å². The molecule has 0 saturated heterocycles. The van der Waals surface area contributed by atoms with E-state index >= 15 is 0 Å². The first-order valence-corrected chi connectivity index (χ1v) is 11.0. The van der Waals surface area contributed by atoms with E-state index in [0.29, 0.717) is 5.75 Å². The van der Waals surface area contributed by atoms with E-state index in [1.54, 1.807) is 0 Å². The molecule has 1 atom stereocenters. The van der Waals surface area contributed by atoms with Gasteiger partial charge in [-0.25, -0.2) is 4.21 Å². The molecule has 1 aliphatic carbocycles. The van der Waals surface area contributed by atoms with Gasteiger partial charge in [-0.2, -0.15) is 0 Å².